The summed E-state index contributed by atoms with van der Waals surface area (Å²) >= 11 is 0. The minimum atomic E-state index is -0.352. The third kappa shape index (κ3) is 3.23. The van der Waals surface area contributed by atoms with Crippen LogP contribution in [0.15, 0.2) is 54.6 Å². The second kappa shape index (κ2) is 7.52. The van der Waals surface area contributed by atoms with Crippen molar-refractivity contribution >= 4 is 45.6 Å². The highest BCUT2D eigenvalue weighted by molar-refractivity contribution is 6.36. The molecule has 2 heterocycles. The molecule has 2 aliphatic heterocycles. The van der Waals surface area contributed by atoms with E-state index in [2.05, 4.69) is 10.2 Å². The van der Waals surface area contributed by atoms with E-state index in [0.717, 1.165) is 24.2 Å². The van der Waals surface area contributed by atoms with Crippen molar-refractivity contribution in [3.8, 4) is 0 Å². The van der Waals surface area contributed by atoms with E-state index in [1.807, 2.05) is 24.3 Å². The van der Waals surface area contributed by atoms with Gasteiger partial charge in [0.05, 0.1) is 18.9 Å². The Labute approximate surface area is 179 Å². The van der Waals surface area contributed by atoms with E-state index >= 15 is 0 Å². The fraction of sp³-hybridized carbons (Fsp3) is 0.208. The van der Waals surface area contributed by atoms with E-state index in [-0.39, 0.29) is 17.7 Å². The van der Waals surface area contributed by atoms with Crippen LogP contribution in [0.25, 0.3) is 10.8 Å². The molecule has 31 heavy (non-hydrogen) atoms. The van der Waals surface area contributed by atoms with Crippen LogP contribution in [-0.2, 0) is 9.53 Å². The van der Waals surface area contributed by atoms with E-state index in [0.29, 0.717) is 41.1 Å². The van der Waals surface area contributed by atoms with Gasteiger partial charge in [-0.1, -0.05) is 12.1 Å². The van der Waals surface area contributed by atoms with E-state index in [4.69, 9.17) is 4.74 Å². The highest BCUT2D eigenvalue weighted by Crippen LogP contribution is 2.37. The summed E-state index contributed by atoms with van der Waals surface area (Å²) in [6.07, 6.45) is 0. The molecule has 0 atom stereocenters. The van der Waals surface area contributed by atoms with Crippen LogP contribution in [0.2, 0.25) is 0 Å². The molecule has 1 saturated heterocycles. The minimum absolute atomic E-state index is 0.186. The summed E-state index contributed by atoms with van der Waals surface area (Å²) in [5, 5.41) is 4.29. The van der Waals surface area contributed by atoms with Crippen molar-refractivity contribution in [3.05, 3.63) is 65.7 Å². The molecule has 0 spiro atoms. The van der Waals surface area contributed by atoms with Gasteiger partial charge in [0.25, 0.3) is 11.8 Å². The number of carbonyl (C=O) groups is 3. The zero-order chi connectivity index (χ0) is 21.5. The number of anilines is 3. The third-order valence-corrected chi connectivity index (χ3v) is 5.68. The van der Waals surface area contributed by atoms with Crippen LogP contribution in [0.4, 0.5) is 17.1 Å². The maximum Gasteiger partial charge on any atom is 0.265 e. The lowest BCUT2D eigenvalue weighted by Crippen LogP contribution is -2.41. The monoisotopic (exact) mass is 415 g/mol. The van der Waals surface area contributed by atoms with Crippen molar-refractivity contribution in [1.29, 1.82) is 0 Å². The Kier molecular flexibility index (Phi) is 4.67. The van der Waals surface area contributed by atoms with Gasteiger partial charge in [-0.3, -0.25) is 14.4 Å². The molecule has 1 fully saturated rings. The smallest absolute Gasteiger partial charge is 0.265 e. The van der Waals surface area contributed by atoms with Gasteiger partial charge >= 0.3 is 0 Å². The number of ether oxygens (including phenoxy) is 1. The Balaban J connectivity index is 1.58. The van der Waals surface area contributed by atoms with E-state index in [9.17, 15) is 14.4 Å². The molecule has 156 valence electrons. The van der Waals surface area contributed by atoms with Crippen LogP contribution in [-0.4, -0.2) is 44.0 Å². The first-order valence-corrected chi connectivity index (χ1v) is 10.2. The van der Waals surface area contributed by atoms with Gasteiger partial charge in [0, 0.05) is 53.3 Å². The Morgan fingerprint density at radius 2 is 1.58 bits per heavy atom. The SMILES string of the molecule is CC(=O)Nc1ccc(N2C(=O)c3cccc4c(N5CCOCC5)ccc(c34)C2=O)cc1. The summed E-state index contributed by atoms with van der Waals surface area (Å²) in [6, 6.07) is 16.0. The van der Waals surface area contributed by atoms with E-state index < -0.39 is 0 Å². The number of benzene rings is 3. The molecule has 1 N–H and O–H groups in total. The Bertz CT molecular complexity index is 1190. The van der Waals surface area contributed by atoms with E-state index in [1.165, 1.54) is 11.8 Å². The number of nitrogens with one attached hydrogen (secondary N) is 1. The number of hydrogen-bond acceptors (Lipinski definition) is 5. The zero-order valence-electron chi connectivity index (χ0n) is 17.1. The first kappa shape index (κ1) is 19.3. The van der Waals surface area contributed by atoms with Gasteiger partial charge in [-0.25, -0.2) is 4.90 Å². The first-order chi connectivity index (χ1) is 15.0. The molecule has 3 aromatic carbocycles. The predicted octanol–water partition coefficient (Wildman–Crippen LogP) is 3.44. The number of amides is 3. The number of carbonyl (C=O) groups excluding carboxylic acids is 3. The Morgan fingerprint density at radius 1 is 0.903 bits per heavy atom. The molecule has 3 amide bonds. The van der Waals surface area contributed by atoms with Gasteiger partial charge in [-0.2, -0.15) is 0 Å². The minimum Gasteiger partial charge on any atom is -0.378 e. The topological polar surface area (TPSA) is 79.0 Å². The summed E-state index contributed by atoms with van der Waals surface area (Å²) in [4.78, 5) is 41.4. The lowest BCUT2D eigenvalue weighted by Gasteiger charge is -2.32. The number of hydrogen-bond donors (Lipinski definition) is 1. The average Bonchev–Trinajstić information content (AvgIpc) is 2.78. The molecule has 0 aromatic heterocycles. The van der Waals surface area contributed by atoms with Crippen molar-refractivity contribution < 1.29 is 19.1 Å². The number of imide groups is 1. The molecular weight excluding hydrogens is 394 g/mol. The van der Waals surface area contributed by atoms with Crippen LogP contribution in [0, 0.1) is 0 Å². The molecular formula is C24H21N3O4. The van der Waals surface area contributed by atoms with Gasteiger partial charge in [0.1, 0.15) is 0 Å². The lowest BCUT2D eigenvalue weighted by molar-refractivity contribution is -0.114. The molecule has 7 heteroatoms. The molecule has 0 bridgehead atoms. The molecule has 0 unspecified atom stereocenters. The Morgan fingerprint density at radius 3 is 2.26 bits per heavy atom. The normalized spacial score (nSPS) is 16.0. The maximum absolute atomic E-state index is 13.4. The predicted molar refractivity (Wildman–Crippen MR) is 119 cm³/mol. The van der Waals surface area contributed by atoms with Gasteiger partial charge in [-0.05, 0) is 42.5 Å². The van der Waals surface area contributed by atoms with Gasteiger partial charge in [0.15, 0.2) is 0 Å². The van der Waals surface area contributed by atoms with Crippen LogP contribution >= 0.6 is 0 Å². The third-order valence-electron chi connectivity index (χ3n) is 5.68. The van der Waals surface area contributed by atoms with Gasteiger partial charge in [0.2, 0.25) is 5.91 Å². The average molecular weight is 415 g/mol. The van der Waals surface area contributed by atoms with Crippen molar-refractivity contribution in [2.75, 3.05) is 41.4 Å². The molecule has 7 nitrogen and oxygen atoms in total. The number of nitrogens with zero attached hydrogens (tertiary/aromatic N) is 2. The van der Waals surface area contributed by atoms with E-state index in [1.54, 1.807) is 30.3 Å². The van der Waals surface area contributed by atoms with Crippen LogP contribution in [0.1, 0.15) is 27.6 Å². The van der Waals surface area contributed by atoms with Crippen LogP contribution in [0.3, 0.4) is 0 Å². The molecule has 0 aliphatic carbocycles. The summed E-state index contributed by atoms with van der Waals surface area (Å²) in [5.41, 5.74) is 3.09. The molecule has 0 saturated carbocycles. The molecule has 0 radical (unpaired) electrons. The highest BCUT2D eigenvalue weighted by Gasteiger charge is 2.34. The van der Waals surface area contributed by atoms with Crippen molar-refractivity contribution in [3.63, 3.8) is 0 Å². The van der Waals surface area contributed by atoms with Crippen molar-refractivity contribution in [1.82, 2.24) is 0 Å². The summed E-state index contributed by atoms with van der Waals surface area (Å²) < 4.78 is 5.46. The number of morpholine rings is 1. The molecule has 2 aliphatic rings. The van der Waals surface area contributed by atoms with Gasteiger partial charge < -0.3 is 15.0 Å². The second-order valence-electron chi connectivity index (χ2n) is 7.63. The van der Waals surface area contributed by atoms with Crippen molar-refractivity contribution in [2.24, 2.45) is 0 Å². The summed E-state index contributed by atoms with van der Waals surface area (Å²) in [5.74, 6) is -0.890. The quantitative estimate of drug-likeness (QED) is 0.663. The molecule has 5 rings (SSSR count). The maximum atomic E-state index is 13.4. The standard InChI is InChI=1S/C24H21N3O4/c1-15(28)25-16-5-7-17(8-6-16)27-23(29)19-4-2-3-18-21(26-11-13-31-14-12-26)10-9-20(22(18)19)24(27)30/h2-10H,11-14H2,1H3,(H,25,28). The van der Waals surface area contributed by atoms with Gasteiger partial charge in [-0.15, -0.1) is 0 Å². The Hall–Kier alpha value is -3.71. The zero-order valence-corrected chi connectivity index (χ0v) is 17.1. The molecule has 3 aromatic rings. The second-order valence-corrected chi connectivity index (χ2v) is 7.63. The fourth-order valence-electron chi connectivity index (χ4n) is 4.29. The number of rotatable bonds is 3. The van der Waals surface area contributed by atoms with Crippen LogP contribution < -0.4 is 15.1 Å². The highest BCUT2D eigenvalue weighted by atomic mass is 16.5. The summed E-state index contributed by atoms with van der Waals surface area (Å²) in [7, 11) is 0. The summed E-state index contributed by atoms with van der Waals surface area (Å²) in [6.45, 7) is 4.28. The fourth-order valence-corrected chi connectivity index (χ4v) is 4.29. The van der Waals surface area contributed by atoms with Crippen LogP contribution in [0.5, 0.6) is 0 Å². The first-order valence-electron chi connectivity index (χ1n) is 10.2. The lowest BCUT2D eigenvalue weighted by atomic mass is 9.92. The van der Waals surface area contributed by atoms with Crippen molar-refractivity contribution in [2.45, 2.75) is 6.92 Å². The largest absolute Gasteiger partial charge is 0.378 e.